The zero-order chi connectivity index (χ0) is 17.8. The largest absolute Gasteiger partial charge is 1.00 e. The third kappa shape index (κ3) is 3.32. The van der Waals surface area contributed by atoms with Gasteiger partial charge in [0.25, 0.3) is 0 Å². The molecule has 0 bridgehead atoms. The summed E-state index contributed by atoms with van der Waals surface area (Å²) in [7, 11) is 3.17. The maximum absolute atomic E-state index is 3.17. The molecule has 0 spiro atoms. The molecule has 3 rings (SSSR count). The lowest BCUT2D eigenvalue weighted by Gasteiger charge is -2.51. The quantitative estimate of drug-likeness (QED) is 0.453. The van der Waals surface area contributed by atoms with Crippen molar-refractivity contribution in [3.63, 3.8) is 0 Å². The standard InChI is InChI=1S/C23H27NP.ClH/c1-3-24(25,4-2)23(20-14-8-5-9-15-20,21-16-10-6-11-17-21)22-18-12-7-13-19-22;/h5-19H,3-4,25H2,1-2H3;1H/q+1;/p-1. The Balaban J connectivity index is 0.00000243. The van der Waals surface area contributed by atoms with Crippen molar-refractivity contribution < 1.29 is 16.7 Å². The normalized spacial score (nSPS) is 11.7. The summed E-state index contributed by atoms with van der Waals surface area (Å²) in [5.74, 6) is 0. The predicted molar refractivity (Wildman–Crippen MR) is 110 cm³/mol. The van der Waals surface area contributed by atoms with Gasteiger partial charge < -0.3 is 12.4 Å². The second kappa shape index (κ2) is 8.82. The van der Waals surface area contributed by atoms with Gasteiger partial charge in [-0.3, -0.25) is 4.25 Å². The number of hydrogen-bond donors (Lipinski definition) is 0. The highest BCUT2D eigenvalue weighted by Crippen LogP contribution is 2.49. The zero-order valence-corrected chi connectivity index (χ0v) is 17.4. The lowest BCUT2D eigenvalue weighted by molar-refractivity contribution is -0.847. The zero-order valence-electron chi connectivity index (χ0n) is 15.5. The molecule has 0 heterocycles. The van der Waals surface area contributed by atoms with Crippen LogP contribution in [0.2, 0.25) is 0 Å². The van der Waals surface area contributed by atoms with E-state index in [-0.39, 0.29) is 17.9 Å². The summed E-state index contributed by atoms with van der Waals surface area (Å²) in [4.78, 5) is 0. The summed E-state index contributed by atoms with van der Waals surface area (Å²) in [5, 5.41) is 0. The lowest BCUT2D eigenvalue weighted by Crippen LogP contribution is -3.00. The first-order valence-corrected chi connectivity index (χ1v) is 9.53. The third-order valence-corrected chi connectivity index (χ3v) is 6.49. The van der Waals surface area contributed by atoms with Crippen LogP contribution in [0.4, 0.5) is 0 Å². The number of nitrogens with zero attached hydrogens (tertiary/aromatic N) is 1. The van der Waals surface area contributed by atoms with Crippen molar-refractivity contribution in [2.75, 3.05) is 13.1 Å². The second-order valence-electron chi connectivity index (χ2n) is 6.48. The van der Waals surface area contributed by atoms with Gasteiger partial charge >= 0.3 is 0 Å². The van der Waals surface area contributed by atoms with Gasteiger partial charge in [-0.1, -0.05) is 91.0 Å². The Morgan fingerprint density at radius 2 is 0.885 bits per heavy atom. The highest BCUT2D eigenvalue weighted by atomic mass is 35.5. The Kier molecular flexibility index (Phi) is 7.01. The molecule has 0 aliphatic carbocycles. The Morgan fingerprint density at radius 1 is 0.615 bits per heavy atom. The number of quaternary nitrogens is 1. The fraction of sp³-hybridized carbons (Fsp3) is 0.217. The first-order valence-electron chi connectivity index (χ1n) is 9.01. The van der Waals surface area contributed by atoms with Gasteiger partial charge in [-0.25, -0.2) is 0 Å². The van der Waals surface area contributed by atoms with E-state index in [9.17, 15) is 0 Å². The summed E-state index contributed by atoms with van der Waals surface area (Å²) < 4.78 is 0.838. The summed E-state index contributed by atoms with van der Waals surface area (Å²) >= 11 is 0. The molecule has 3 aromatic rings. The smallest absolute Gasteiger partial charge is 0.177 e. The SMILES string of the molecule is CC[N+](P)(CC)C(c1ccccc1)(c1ccccc1)c1ccccc1.[Cl-]. The van der Waals surface area contributed by atoms with E-state index in [2.05, 4.69) is 114 Å². The highest BCUT2D eigenvalue weighted by molar-refractivity contribution is 7.09. The molecular weight excluding hydrogens is 357 g/mol. The van der Waals surface area contributed by atoms with Gasteiger partial charge in [0.15, 0.2) is 5.54 Å². The highest BCUT2D eigenvalue weighted by Gasteiger charge is 2.51. The molecule has 0 aromatic heterocycles. The van der Waals surface area contributed by atoms with Crippen molar-refractivity contribution in [1.29, 1.82) is 0 Å². The lowest BCUT2D eigenvalue weighted by atomic mass is 9.75. The van der Waals surface area contributed by atoms with Gasteiger partial charge in [0, 0.05) is 16.7 Å². The van der Waals surface area contributed by atoms with Crippen molar-refractivity contribution >= 4 is 9.39 Å². The van der Waals surface area contributed by atoms with Crippen LogP contribution in [0, 0.1) is 0 Å². The van der Waals surface area contributed by atoms with Gasteiger partial charge in [-0.15, -0.1) is 0 Å². The topological polar surface area (TPSA) is 0 Å². The van der Waals surface area contributed by atoms with Crippen LogP contribution >= 0.6 is 9.39 Å². The van der Waals surface area contributed by atoms with E-state index >= 15 is 0 Å². The van der Waals surface area contributed by atoms with E-state index in [0.29, 0.717) is 0 Å². The molecule has 136 valence electrons. The molecule has 0 aliphatic rings. The molecule has 0 saturated heterocycles. The van der Waals surface area contributed by atoms with Crippen molar-refractivity contribution in [1.82, 2.24) is 0 Å². The summed E-state index contributed by atoms with van der Waals surface area (Å²) in [6.45, 7) is 6.58. The van der Waals surface area contributed by atoms with Crippen LogP contribution in [0.15, 0.2) is 91.0 Å². The minimum Gasteiger partial charge on any atom is -1.00 e. The van der Waals surface area contributed by atoms with Crippen LogP contribution in [0.5, 0.6) is 0 Å². The number of rotatable bonds is 6. The van der Waals surface area contributed by atoms with Crippen molar-refractivity contribution in [2.24, 2.45) is 0 Å². The van der Waals surface area contributed by atoms with Crippen LogP contribution in [0.1, 0.15) is 30.5 Å². The Bertz CT molecular complexity index is 690. The molecule has 1 nitrogen and oxygen atoms in total. The Hall–Kier alpha value is -1.66. The molecule has 1 atom stereocenters. The van der Waals surface area contributed by atoms with Crippen LogP contribution in [0.3, 0.4) is 0 Å². The predicted octanol–water partition coefficient (Wildman–Crippen LogP) is 2.63. The van der Waals surface area contributed by atoms with Gasteiger partial charge in [0.05, 0.1) is 22.5 Å². The van der Waals surface area contributed by atoms with Gasteiger partial charge in [-0.05, 0) is 13.8 Å². The van der Waals surface area contributed by atoms with Crippen LogP contribution < -0.4 is 12.4 Å². The average Bonchev–Trinajstić information content (AvgIpc) is 2.71. The van der Waals surface area contributed by atoms with Crippen molar-refractivity contribution in [2.45, 2.75) is 19.4 Å². The number of benzene rings is 3. The van der Waals surface area contributed by atoms with E-state index in [1.807, 2.05) is 0 Å². The van der Waals surface area contributed by atoms with Gasteiger partial charge in [-0.2, -0.15) is 0 Å². The molecule has 0 amide bonds. The van der Waals surface area contributed by atoms with E-state index in [4.69, 9.17) is 0 Å². The average molecular weight is 384 g/mol. The van der Waals surface area contributed by atoms with E-state index in [1.54, 1.807) is 0 Å². The molecule has 0 N–H and O–H groups in total. The summed E-state index contributed by atoms with van der Waals surface area (Å²) in [6.07, 6.45) is 0. The van der Waals surface area contributed by atoms with Crippen LogP contribution in [-0.4, -0.2) is 17.3 Å². The molecule has 3 heteroatoms. The van der Waals surface area contributed by atoms with E-state index in [1.165, 1.54) is 16.7 Å². The second-order valence-corrected chi connectivity index (χ2v) is 7.46. The fourth-order valence-electron chi connectivity index (χ4n) is 4.01. The molecule has 0 radical (unpaired) electrons. The fourth-order valence-corrected chi connectivity index (χ4v) is 4.45. The van der Waals surface area contributed by atoms with Crippen LogP contribution in [0.25, 0.3) is 0 Å². The van der Waals surface area contributed by atoms with E-state index < -0.39 is 0 Å². The number of halogens is 1. The first-order chi connectivity index (χ1) is 12.2. The minimum absolute atomic E-state index is 0. The first kappa shape index (κ1) is 20.6. The third-order valence-electron chi connectivity index (χ3n) is 5.37. The van der Waals surface area contributed by atoms with Crippen LogP contribution in [-0.2, 0) is 5.54 Å². The van der Waals surface area contributed by atoms with Crippen molar-refractivity contribution in [3.05, 3.63) is 108 Å². The molecule has 3 aromatic carbocycles. The molecule has 1 unspecified atom stereocenters. The Labute approximate surface area is 166 Å². The monoisotopic (exact) mass is 383 g/mol. The molecular formula is C23H27ClNP. The van der Waals surface area contributed by atoms with Crippen molar-refractivity contribution in [3.8, 4) is 0 Å². The molecule has 0 aliphatic heterocycles. The maximum Gasteiger partial charge on any atom is 0.177 e. The maximum atomic E-state index is 3.17. The number of hydrogen-bond acceptors (Lipinski definition) is 0. The molecule has 26 heavy (non-hydrogen) atoms. The molecule has 0 saturated carbocycles. The molecule has 0 fully saturated rings. The van der Waals surface area contributed by atoms with E-state index in [0.717, 1.165) is 17.3 Å². The minimum atomic E-state index is -0.266. The summed E-state index contributed by atoms with van der Waals surface area (Å²) in [6, 6.07) is 32.8. The van der Waals surface area contributed by atoms with Gasteiger partial charge in [0.1, 0.15) is 0 Å². The summed E-state index contributed by atoms with van der Waals surface area (Å²) in [5.41, 5.74) is 3.71. The Morgan fingerprint density at radius 3 is 1.12 bits per heavy atom. The van der Waals surface area contributed by atoms with Gasteiger partial charge in [0.2, 0.25) is 0 Å².